The van der Waals surface area contributed by atoms with Crippen LogP contribution in [-0.4, -0.2) is 0 Å². The second-order valence-electron chi connectivity index (χ2n) is 3.69. The zero-order valence-corrected chi connectivity index (χ0v) is 11.0. The number of aromatic nitrogens is 1. The Morgan fingerprint density at radius 2 is 1.44 bits per heavy atom. The van der Waals surface area contributed by atoms with Crippen LogP contribution >= 0.6 is 0 Å². The molecule has 2 aromatic rings. The first kappa shape index (κ1) is 12.9. The third-order valence-corrected chi connectivity index (χ3v) is 2.48. The molecule has 0 N–H and O–H groups in total. The predicted octanol–water partition coefficient (Wildman–Crippen LogP) is 0.0551. The van der Waals surface area contributed by atoms with E-state index in [1.54, 1.807) is 0 Å². The van der Waals surface area contributed by atoms with E-state index >= 15 is 0 Å². The topological polar surface area (TPSA) is 3.88 Å². The van der Waals surface area contributed by atoms with Gasteiger partial charge in [-0.25, -0.2) is 4.57 Å². The normalized spacial score (nSPS) is 9.56. The van der Waals surface area contributed by atoms with E-state index in [1.165, 1.54) is 17.5 Å². The van der Waals surface area contributed by atoms with Gasteiger partial charge >= 0.3 is 0 Å². The summed E-state index contributed by atoms with van der Waals surface area (Å²) in [7, 11) is 0. The van der Waals surface area contributed by atoms with Crippen molar-refractivity contribution in [3.05, 3.63) is 54.9 Å². The fourth-order valence-electron chi connectivity index (χ4n) is 1.69. The van der Waals surface area contributed by atoms with Crippen LogP contribution in [0.3, 0.4) is 0 Å². The number of pyridine rings is 1. The second-order valence-corrected chi connectivity index (χ2v) is 3.69. The Kier molecular flexibility index (Phi) is 5.20. The summed E-state index contributed by atoms with van der Waals surface area (Å²) in [4.78, 5) is 0. The Morgan fingerprint density at radius 1 is 0.875 bits per heavy atom. The molecule has 0 bridgehead atoms. The summed E-state index contributed by atoms with van der Waals surface area (Å²) in [6, 6.07) is 14.8. The average molecular weight is 278 g/mol. The lowest BCUT2D eigenvalue weighted by molar-refractivity contribution is -0.696. The Hall–Kier alpha value is -1.15. The molecule has 0 aliphatic carbocycles. The highest BCUT2D eigenvalue weighted by Crippen LogP contribution is 2.16. The number of rotatable bonds is 3. The number of aryl methyl sites for hydroxylation is 1. The third kappa shape index (κ3) is 3.17. The summed E-state index contributed by atoms with van der Waals surface area (Å²) in [5.74, 6) is 0. The summed E-state index contributed by atoms with van der Waals surface area (Å²) >= 11 is 0. The maximum absolute atomic E-state index is 2.21. The molecule has 84 valence electrons. The van der Waals surface area contributed by atoms with Crippen LogP contribution in [0, 0.1) is 0 Å². The molecule has 0 atom stereocenters. The maximum Gasteiger partial charge on any atom is 0.169 e. The van der Waals surface area contributed by atoms with Crippen LogP contribution in [0.15, 0.2) is 54.9 Å². The van der Waals surface area contributed by atoms with Crippen molar-refractivity contribution in [3.8, 4) is 11.1 Å². The van der Waals surface area contributed by atoms with Gasteiger partial charge in [-0.2, -0.15) is 0 Å². The van der Waals surface area contributed by atoms with Crippen molar-refractivity contribution in [2.24, 2.45) is 0 Å². The van der Waals surface area contributed by atoms with Crippen molar-refractivity contribution in [3.63, 3.8) is 0 Å². The Bertz CT molecular complexity index is 409. The molecule has 2 rings (SSSR count). The van der Waals surface area contributed by atoms with Crippen LogP contribution in [-0.2, 0) is 6.54 Å². The molecular weight excluding hydrogens is 262 g/mol. The van der Waals surface area contributed by atoms with E-state index < -0.39 is 0 Å². The minimum absolute atomic E-state index is 0. The Labute approximate surface area is 108 Å². The van der Waals surface area contributed by atoms with Crippen LogP contribution in [0.25, 0.3) is 11.1 Å². The average Bonchev–Trinajstić information content (AvgIpc) is 2.32. The molecule has 2 heteroatoms. The van der Waals surface area contributed by atoms with Crippen molar-refractivity contribution in [1.82, 2.24) is 0 Å². The van der Waals surface area contributed by atoms with E-state index in [9.17, 15) is 0 Å². The number of halogens is 1. The molecule has 1 aromatic heterocycles. The smallest absolute Gasteiger partial charge is 0.169 e. The van der Waals surface area contributed by atoms with Crippen molar-refractivity contribution in [2.75, 3.05) is 0 Å². The monoisotopic (exact) mass is 277 g/mol. The van der Waals surface area contributed by atoms with Crippen molar-refractivity contribution in [1.29, 1.82) is 0 Å². The molecule has 0 spiro atoms. The van der Waals surface area contributed by atoms with Gasteiger partial charge in [-0.1, -0.05) is 37.3 Å². The highest BCUT2D eigenvalue weighted by molar-refractivity contribution is 5.61. The fraction of sp³-hybridized carbons (Fsp3) is 0.214. The Balaban J connectivity index is 0.00000128. The summed E-state index contributed by atoms with van der Waals surface area (Å²) in [6.07, 6.45) is 5.47. The van der Waals surface area contributed by atoms with Crippen molar-refractivity contribution >= 4 is 0 Å². The summed E-state index contributed by atoms with van der Waals surface area (Å²) in [5, 5.41) is 0. The molecular formula is C14H16BrN. The van der Waals surface area contributed by atoms with Gasteiger partial charge in [-0.3, -0.25) is 0 Å². The van der Waals surface area contributed by atoms with Crippen LogP contribution in [0.2, 0.25) is 0 Å². The molecule has 1 heterocycles. The summed E-state index contributed by atoms with van der Waals surface area (Å²) in [5.41, 5.74) is 2.56. The first-order valence-electron chi connectivity index (χ1n) is 5.44. The lowest BCUT2D eigenvalue weighted by Gasteiger charge is -1.99. The molecule has 0 saturated carbocycles. The fourth-order valence-corrected chi connectivity index (χ4v) is 1.69. The summed E-state index contributed by atoms with van der Waals surface area (Å²) in [6.45, 7) is 3.28. The first-order valence-corrected chi connectivity index (χ1v) is 5.44. The minimum atomic E-state index is 0. The SMILES string of the molecule is CCC[n+]1ccc(-c2ccccc2)cc1.[Br-]. The van der Waals surface area contributed by atoms with Gasteiger partial charge in [0.2, 0.25) is 0 Å². The molecule has 0 unspecified atom stereocenters. The van der Waals surface area contributed by atoms with E-state index in [2.05, 4.69) is 60.3 Å². The van der Waals surface area contributed by atoms with Gasteiger partial charge < -0.3 is 17.0 Å². The molecule has 0 fully saturated rings. The molecule has 0 radical (unpaired) electrons. The van der Waals surface area contributed by atoms with Gasteiger partial charge in [0.05, 0.1) is 0 Å². The zero-order valence-electron chi connectivity index (χ0n) is 9.44. The number of hydrogen-bond acceptors (Lipinski definition) is 0. The third-order valence-electron chi connectivity index (χ3n) is 2.48. The molecule has 1 aromatic carbocycles. The molecule has 0 aliphatic heterocycles. The molecule has 1 nitrogen and oxygen atoms in total. The van der Waals surface area contributed by atoms with Crippen LogP contribution in [0.4, 0.5) is 0 Å². The molecule has 0 aliphatic rings. The van der Waals surface area contributed by atoms with Gasteiger partial charge in [0.25, 0.3) is 0 Å². The van der Waals surface area contributed by atoms with E-state index in [1.807, 2.05) is 6.07 Å². The highest BCUT2D eigenvalue weighted by Gasteiger charge is 2.00. The Morgan fingerprint density at radius 3 is 2.00 bits per heavy atom. The van der Waals surface area contributed by atoms with E-state index in [0.29, 0.717) is 0 Å². The molecule has 0 saturated heterocycles. The number of nitrogens with zero attached hydrogens (tertiary/aromatic N) is 1. The lowest BCUT2D eigenvalue weighted by Crippen LogP contribution is -3.00. The van der Waals surface area contributed by atoms with Crippen LogP contribution in [0.1, 0.15) is 13.3 Å². The van der Waals surface area contributed by atoms with Crippen LogP contribution in [0.5, 0.6) is 0 Å². The number of benzene rings is 1. The highest BCUT2D eigenvalue weighted by atomic mass is 79.9. The van der Waals surface area contributed by atoms with Gasteiger partial charge in [-0.05, 0) is 11.1 Å². The lowest BCUT2D eigenvalue weighted by atomic mass is 10.1. The predicted molar refractivity (Wildman–Crippen MR) is 62.4 cm³/mol. The van der Waals surface area contributed by atoms with Crippen LogP contribution < -0.4 is 21.5 Å². The molecule has 16 heavy (non-hydrogen) atoms. The number of hydrogen-bond donors (Lipinski definition) is 0. The van der Waals surface area contributed by atoms with Crippen molar-refractivity contribution in [2.45, 2.75) is 19.9 Å². The van der Waals surface area contributed by atoms with Gasteiger partial charge in [-0.15, -0.1) is 0 Å². The van der Waals surface area contributed by atoms with Gasteiger partial charge in [0, 0.05) is 18.6 Å². The second kappa shape index (κ2) is 6.44. The molecule has 0 amide bonds. The van der Waals surface area contributed by atoms with Gasteiger partial charge in [0.15, 0.2) is 12.4 Å². The van der Waals surface area contributed by atoms with Crippen molar-refractivity contribution < 1.29 is 21.5 Å². The first-order chi connectivity index (χ1) is 7.40. The quantitative estimate of drug-likeness (QED) is 0.699. The largest absolute Gasteiger partial charge is 1.00 e. The summed E-state index contributed by atoms with van der Waals surface area (Å²) < 4.78 is 2.21. The maximum atomic E-state index is 2.21. The van der Waals surface area contributed by atoms with E-state index in [0.717, 1.165) is 6.54 Å². The van der Waals surface area contributed by atoms with Gasteiger partial charge in [0.1, 0.15) is 6.54 Å². The van der Waals surface area contributed by atoms with E-state index in [4.69, 9.17) is 0 Å². The zero-order chi connectivity index (χ0) is 10.5. The standard InChI is InChI=1S/C14H16N.BrH/c1-2-10-15-11-8-14(9-12-15)13-6-4-3-5-7-13;/h3-9,11-12H,2,10H2,1H3;1H/q+1;/p-1. The van der Waals surface area contributed by atoms with E-state index in [-0.39, 0.29) is 17.0 Å². The minimum Gasteiger partial charge on any atom is -1.00 e.